The minimum Gasteiger partial charge on any atom is -0.330 e. The second-order valence-corrected chi connectivity index (χ2v) is 6.71. The number of amides is 2. The zero-order valence-electron chi connectivity index (χ0n) is 12.7. The lowest BCUT2D eigenvalue weighted by Crippen LogP contribution is -2.41. The van der Waals surface area contributed by atoms with Gasteiger partial charge in [0.05, 0.1) is 11.4 Å². The molecular weight excluding hydrogens is 335 g/mol. The zero-order valence-corrected chi connectivity index (χ0v) is 13.6. The van der Waals surface area contributed by atoms with Crippen molar-refractivity contribution in [3.05, 3.63) is 65.5 Å². The SMILES string of the molecule is Cc1ccc(S(=O)(=O)NC(=O)NCC(=O)c2ccc(F)cc2)cc1. The summed E-state index contributed by atoms with van der Waals surface area (Å²) >= 11 is 0. The molecule has 8 heteroatoms. The molecule has 2 aromatic carbocycles. The fraction of sp³-hybridized carbons (Fsp3) is 0.125. The smallest absolute Gasteiger partial charge is 0.329 e. The standard InChI is InChI=1S/C16H15FN2O4S/c1-11-2-8-14(9-3-11)24(22,23)19-16(21)18-10-15(20)12-4-6-13(17)7-5-12/h2-9H,10H2,1H3,(H2,18,19,21). The summed E-state index contributed by atoms with van der Waals surface area (Å²) in [7, 11) is -4.02. The molecule has 0 radical (unpaired) electrons. The Bertz CT molecular complexity index is 847. The molecule has 2 amide bonds. The summed E-state index contributed by atoms with van der Waals surface area (Å²) in [5.41, 5.74) is 1.08. The third-order valence-electron chi connectivity index (χ3n) is 3.13. The van der Waals surface area contributed by atoms with E-state index in [1.165, 1.54) is 24.3 Å². The second-order valence-electron chi connectivity index (χ2n) is 5.03. The lowest BCUT2D eigenvalue weighted by molar-refractivity contribution is 0.0992. The molecule has 24 heavy (non-hydrogen) atoms. The molecule has 126 valence electrons. The van der Waals surface area contributed by atoms with Crippen LogP contribution in [-0.4, -0.2) is 26.8 Å². The van der Waals surface area contributed by atoms with Crippen LogP contribution in [0.4, 0.5) is 9.18 Å². The number of rotatable bonds is 5. The van der Waals surface area contributed by atoms with Gasteiger partial charge in [-0.05, 0) is 43.3 Å². The first-order valence-corrected chi connectivity index (χ1v) is 8.42. The fourth-order valence-corrected chi connectivity index (χ4v) is 2.76. The molecule has 0 heterocycles. The lowest BCUT2D eigenvalue weighted by atomic mass is 10.1. The van der Waals surface area contributed by atoms with Gasteiger partial charge in [-0.1, -0.05) is 17.7 Å². The quantitative estimate of drug-likeness (QED) is 0.807. The lowest BCUT2D eigenvalue weighted by Gasteiger charge is -2.08. The number of halogens is 1. The van der Waals surface area contributed by atoms with Crippen molar-refractivity contribution in [1.82, 2.24) is 10.0 Å². The van der Waals surface area contributed by atoms with E-state index in [9.17, 15) is 22.4 Å². The topological polar surface area (TPSA) is 92.3 Å². The van der Waals surface area contributed by atoms with Crippen LogP contribution < -0.4 is 10.0 Å². The van der Waals surface area contributed by atoms with Crippen molar-refractivity contribution < 1.29 is 22.4 Å². The van der Waals surface area contributed by atoms with Crippen molar-refractivity contribution in [3.63, 3.8) is 0 Å². The molecule has 0 unspecified atom stereocenters. The molecule has 0 atom stereocenters. The number of carbonyl (C=O) groups is 2. The summed E-state index contributed by atoms with van der Waals surface area (Å²) in [6.45, 7) is 1.39. The van der Waals surface area contributed by atoms with E-state index in [4.69, 9.17) is 0 Å². The van der Waals surface area contributed by atoms with Crippen LogP contribution in [0.25, 0.3) is 0 Å². The fourth-order valence-electron chi connectivity index (χ4n) is 1.83. The Balaban J connectivity index is 1.94. The Hall–Kier alpha value is -2.74. The zero-order chi connectivity index (χ0) is 17.7. The van der Waals surface area contributed by atoms with Crippen LogP contribution in [0.2, 0.25) is 0 Å². The number of Topliss-reactive ketones (excluding diaryl/α,β-unsaturated/α-hetero) is 1. The van der Waals surface area contributed by atoms with Gasteiger partial charge in [0.1, 0.15) is 5.82 Å². The number of sulfonamides is 1. The monoisotopic (exact) mass is 350 g/mol. The van der Waals surface area contributed by atoms with Crippen LogP contribution in [-0.2, 0) is 10.0 Å². The van der Waals surface area contributed by atoms with E-state index in [0.29, 0.717) is 0 Å². The van der Waals surface area contributed by atoms with Crippen molar-refractivity contribution in [3.8, 4) is 0 Å². The minimum absolute atomic E-state index is 0.0619. The molecule has 0 aliphatic heterocycles. The number of hydrogen-bond acceptors (Lipinski definition) is 4. The molecule has 2 aromatic rings. The van der Waals surface area contributed by atoms with E-state index in [1.54, 1.807) is 19.1 Å². The van der Waals surface area contributed by atoms with Crippen molar-refractivity contribution in [2.24, 2.45) is 0 Å². The molecule has 0 aromatic heterocycles. The summed E-state index contributed by atoms with van der Waals surface area (Å²) in [4.78, 5) is 23.4. The maximum atomic E-state index is 12.8. The molecule has 0 spiro atoms. The highest BCUT2D eigenvalue weighted by Gasteiger charge is 2.18. The normalized spacial score (nSPS) is 10.9. The average molecular weight is 350 g/mol. The molecule has 6 nitrogen and oxygen atoms in total. The molecule has 0 aliphatic carbocycles. The number of nitrogens with one attached hydrogen (secondary N) is 2. The van der Waals surface area contributed by atoms with Gasteiger partial charge in [-0.3, -0.25) is 4.79 Å². The third-order valence-corrected chi connectivity index (χ3v) is 4.48. The summed E-state index contributed by atoms with van der Waals surface area (Å²) in [6.07, 6.45) is 0. The first-order chi connectivity index (χ1) is 11.3. The number of urea groups is 1. The second kappa shape index (κ2) is 7.22. The van der Waals surface area contributed by atoms with Gasteiger partial charge in [-0.15, -0.1) is 0 Å². The van der Waals surface area contributed by atoms with Crippen molar-refractivity contribution in [2.45, 2.75) is 11.8 Å². The van der Waals surface area contributed by atoms with Crippen LogP contribution >= 0.6 is 0 Å². The highest BCUT2D eigenvalue weighted by molar-refractivity contribution is 7.90. The van der Waals surface area contributed by atoms with Gasteiger partial charge in [0.2, 0.25) is 0 Å². The Morgan fingerprint density at radius 1 is 1.00 bits per heavy atom. The number of hydrogen-bond donors (Lipinski definition) is 2. The molecule has 0 bridgehead atoms. The Morgan fingerprint density at radius 2 is 1.58 bits per heavy atom. The Kier molecular flexibility index (Phi) is 5.30. The van der Waals surface area contributed by atoms with Crippen molar-refractivity contribution in [1.29, 1.82) is 0 Å². The van der Waals surface area contributed by atoms with Crippen LogP contribution in [0.3, 0.4) is 0 Å². The molecule has 2 N–H and O–H groups in total. The predicted molar refractivity (Wildman–Crippen MR) is 85.6 cm³/mol. The highest BCUT2D eigenvalue weighted by Crippen LogP contribution is 2.09. The van der Waals surface area contributed by atoms with Crippen LogP contribution in [0.15, 0.2) is 53.4 Å². The van der Waals surface area contributed by atoms with Gasteiger partial charge in [-0.2, -0.15) is 0 Å². The summed E-state index contributed by atoms with van der Waals surface area (Å²) in [5.74, 6) is -0.959. The van der Waals surface area contributed by atoms with Crippen LogP contribution in [0.5, 0.6) is 0 Å². The predicted octanol–water partition coefficient (Wildman–Crippen LogP) is 2.00. The summed E-state index contributed by atoms with van der Waals surface area (Å²) in [5, 5.41) is 2.16. The summed E-state index contributed by atoms with van der Waals surface area (Å²) < 4.78 is 38.6. The Labute approximate surface area is 138 Å². The van der Waals surface area contributed by atoms with Gasteiger partial charge in [-0.25, -0.2) is 22.3 Å². The van der Waals surface area contributed by atoms with Crippen LogP contribution in [0, 0.1) is 12.7 Å². The first kappa shape index (κ1) is 17.6. The number of ketones is 1. The van der Waals surface area contributed by atoms with Gasteiger partial charge in [0.25, 0.3) is 10.0 Å². The van der Waals surface area contributed by atoms with E-state index in [1.807, 2.05) is 4.72 Å². The van der Waals surface area contributed by atoms with Crippen molar-refractivity contribution in [2.75, 3.05) is 6.54 Å². The average Bonchev–Trinajstić information content (AvgIpc) is 2.53. The number of aryl methyl sites for hydroxylation is 1. The Morgan fingerprint density at radius 3 is 2.17 bits per heavy atom. The minimum atomic E-state index is -4.02. The van der Waals surface area contributed by atoms with E-state index >= 15 is 0 Å². The number of benzene rings is 2. The third kappa shape index (κ3) is 4.63. The highest BCUT2D eigenvalue weighted by atomic mass is 32.2. The van der Waals surface area contributed by atoms with E-state index in [0.717, 1.165) is 17.7 Å². The van der Waals surface area contributed by atoms with Crippen molar-refractivity contribution >= 4 is 21.8 Å². The summed E-state index contributed by atoms with van der Waals surface area (Å²) in [6, 6.07) is 9.72. The largest absolute Gasteiger partial charge is 0.330 e. The maximum absolute atomic E-state index is 12.8. The molecule has 0 saturated carbocycles. The molecule has 2 rings (SSSR count). The van der Waals surface area contributed by atoms with E-state index in [-0.39, 0.29) is 10.5 Å². The van der Waals surface area contributed by atoms with E-state index in [2.05, 4.69) is 5.32 Å². The van der Waals surface area contributed by atoms with Gasteiger partial charge < -0.3 is 5.32 Å². The molecular formula is C16H15FN2O4S. The molecule has 0 fully saturated rings. The van der Waals surface area contributed by atoms with Crippen LogP contribution in [0.1, 0.15) is 15.9 Å². The van der Waals surface area contributed by atoms with Gasteiger partial charge in [0.15, 0.2) is 5.78 Å². The van der Waals surface area contributed by atoms with Gasteiger partial charge >= 0.3 is 6.03 Å². The van der Waals surface area contributed by atoms with E-state index < -0.39 is 34.2 Å². The maximum Gasteiger partial charge on any atom is 0.329 e. The number of carbonyl (C=O) groups excluding carboxylic acids is 2. The van der Waals surface area contributed by atoms with Gasteiger partial charge in [0, 0.05) is 5.56 Å². The first-order valence-electron chi connectivity index (χ1n) is 6.94. The molecule has 0 aliphatic rings. The molecule has 0 saturated heterocycles.